The third-order valence-corrected chi connectivity index (χ3v) is 2.45. The standard InChI is InChI=1S/C9H13N3O3.Na/c13-8(14)5-7-10-9(12-11-7)6-1-3-15-4-2-6;/h6H,1-5H2,(H,13,14)(H,10,11,12);/q;+1/p-1. The summed E-state index contributed by atoms with van der Waals surface area (Å²) >= 11 is 0. The van der Waals surface area contributed by atoms with E-state index < -0.39 is 5.97 Å². The molecule has 1 saturated heterocycles. The van der Waals surface area contributed by atoms with E-state index in [4.69, 9.17) is 4.74 Å². The van der Waals surface area contributed by atoms with Crippen molar-refractivity contribution in [3.63, 3.8) is 0 Å². The number of carbonyl (C=O) groups is 1. The zero-order chi connectivity index (χ0) is 10.7. The van der Waals surface area contributed by atoms with Gasteiger partial charge in [-0.05, 0) is 12.8 Å². The van der Waals surface area contributed by atoms with Gasteiger partial charge in [-0.1, -0.05) is 0 Å². The number of rotatable bonds is 3. The average Bonchev–Trinajstić information content (AvgIpc) is 2.67. The summed E-state index contributed by atoms with van der Waals surface area (Å²) in [4.78, 5) is 14.5. The number of hydrogen-bond acceptors (Lipinski definition) is 5. The summed E-state index contributed by atoms with van der Waals surface area (Å²) in [5, 5.41) is 17.0. The fourth-order valence-electron chi connectivity index (χ4n) is 1.66. The number of aromatic amines is 1. The molecule has 0 aliphatic carbocycles. The predicted octanol–water partition coefficient (Wildman–Crippen LogP) is -4.00. The van der Waals surface area contributed by atoms with Gasteiger partial charge in [0.25, 0.3) is 0 Å². The second kappa shape index (κ2) is 6.34. The minimum absolute atomic E-state index is 0. The Labute approximate surface area is 115 Å². The molecule has 0 amide bonds. The van der Waals surface area contributed by atoms with Crippen molar-refractivity contribution >= 4 is 5.97 Å². The van der Waals surface area contributed by atoms with E-state index in [2.05, 4.69) is 15.2 Å². The van der Waals surface area contributed by atoms with E-state index in [1.807, 2.05) is 0 Å². The summed E-state index contributed by atoms with van der Waals surface area (Å²) < 4.78 is 5.22. The Hall–Kier alpha value is -0.430. The SMILES string of the molecule is O=C([O-])Cc1nc(C2CCOCC2)n[nH]1.[Na+]. The first-order chi connectivity index (χ1) is 7.25. The van der Waals surface area contributed by atoms with Gasteiger partial charge in [0, 0.05) is 31.5 Å². The molecule has 6 nitrogen and oxygen atoms in total. The summed E-state index contributed by atoms with van der Waals surface area (Å²) in [7, 11) is 0. The maximum absolute atomic E-state index is 10.3. The Bertz CT molecular complexity index is 350. The number of aromatic nitrogens is 3. The Balaban J connectivity index is 0.00000128. The minimum atomic E-state index is -1.15. The molecule has 82 valence electrons. The summed E-state index contributed by atoms with van der Waals surface area (Å²) in [5.41, 5.74) is 0. The molecule has 1 aliphatic heterocycles. The van der Waals surface area contributed by atoms with Gasteiger partial charge in [-0.25, -0.2) is 4.98 Å². The summed E-state index contributed by atoms with van der Waals surface area (Å²) in [6, 6.07) is 0. The van der Waals surface area contributed by atoms with Crippen LogP contribution in [0.4, 0.5) is 0 Å². The van der Waals surface area contributed by atoms with Crippen molar-refractivity contribution in [2.45, 2.75) is 25.2 Å². The molecule has 7 heteroatoms. The van der Waals surface area contributed by atoms with E-state index in [9.17, 15) is 9.90 Å². The molecule has 2 rings (SSSR count). The van der Waals surface area contributed by atoms with Gasteiger partial charge < -0.3 is 14.6 Å². The number of carbonyl (C=O) groups excluding carboxylic acids is 1. The molecule has 1 aliphatic rings. The van der Waals surface area contributed by atoms with Crippen LogP contribution in [0.15, 0.2) is 0 Å². The molecule has 0 radical (unpaired) electrons. The Morgan fingerprint density at radius 3 is 2.81 bits per heavy atom. The van der Waals surface area contributed by atoms with Crippen molar-refractivity contribution in [3.05, 3.63) is 11.6 Å². The molecule has 0 atom stereocenters. The largest absolute Gasteiger partial charge is 1.00 e. The molecular weight excluding hydrogens is 221 g/mol. The molecule has 0 saturated carbocycles. The number of ether oxygens (including phenoxy) is 1. The number of H-pyrrole nitrogens is 1. The van der Waals surface area contributed by atoms with Crippen LogP contribution in [0, 0.1) is 0 Å². The van der Waals surface area contributed by atoms with Gasteiger partial charge in [0.15, 0.2) is 5.82 Å². The molecule has 2 heterocycles. The maximum atomic E-state index is 10.3. The van der Waals surface area contributed by atoms with Crippen LogP contribution in [0.2, 0.25) is 0 Å². The second-order valence-corrected chi connectivity index (χ2v) is 3.58. The first-order valence-corrected chi connectivity index (χ1v) is 4.94. The maximum Gasteiger partial charge on any atom is 1.00 e. The van der Waals surface area contributed by atoms with E-state index in [0.717, 1.165) is 26.1 Å². The van der Waals surface area contributed by atoms with Crippen LogP contribution in [-0.4, -0.2) is 34.4 Å². The molecule has 0 spiro atoms. The fourth-order valence-corrected chi connectivity index (χ4v) is 1.66. The zero-order valence-corrected chi connectivity index (χ0v) is 11.2. The number of carboxylic acid groups (broad SMARTS) is 1. The van der Waals surface area contributed by atoms with Crippen LogP contribution in [0.5, 0.6) is 0 Å². The smallest absolute Gasteiger partial charge is 0.550 e. The Morgan fingerprint density at radius 2 is 2.19 bits per heavy atom. The summed E-state index contributed by atoms with van der Waals surface area (Å²) in [5.74, 6) is 0.182. The van der Waals surface area contributed by atoms with Crippen LogP contribution in [-0.2, 0) is 16.0 Å². The molecule has 0 bridgehead atoms. The Morgan fingerprint density at radius 1 is 1.50 bits per heavy atom. The molecule has 0 aromatic carbocycles. The van der Waals surface area contributed by atoms with E-state index in [0.29, 0.717) is 11.6 Å². The van der Waals surface area contributed by atoms with Crippen molar-refractivity contribution < 1.29 is 44.2 Å². The molecule has 1 N–H and O–H groups in total. The molecule has 1 aromatic rings. The van der Waals surface area contributed by atoms with Crippen molar-refractivity contribution in [2.24, 2.45) is 0 Å². The van der Waals surface area contributed by atoms with E-state index in [1.165, 1.54) is 0 Å². The van der Waals surface area contributed by atoms with Crippen LogP contribution >= 0.6 is 0 Å². The van der Waals surface area contributed by atoms with Gasteiger partial charge in [-0.2, -0.15) is 5.10 Å². The zero-order valence-electron chi connectivity index (χ0n) is 9.23. The van der Waals surface area contributed by atoms with Crippen LogP contribution in [0.3, 0.4) is 0 Å². The van der Waals surface area contributed by atoms with Gasteiger partial charge in [0.1, 0.15) is 5.82 Å². The summed E-state index contributed by atoms with van der Waals surface area (Å²) in [6.07, 6.45) is 1.57. The third-order valence-electron chi connectivity index (χ3n) is 2.45. The van der Waals surface area contributed by atoms with Gasteiger partial charge in [0.05, 0.1) is 0 Å². The average molecular weight is 233 g/mol. The molecule has 1 fully saturated rings. The van der Waals surface area contributed by atoms with Gasteiger partial charge in [0.2, 0.25) is 0 Å². The number of carboxylic acids is 1. The quantitative estimate of drug-likeness (QED) is 0.537. The Kier molecular flexibility index (Phi) is 5.40. The molecule has 1 aromatic heterocycles. The number of aliphatic carboxylic acids is 1. The van der Waals surface area contributed by atoms with Gasteiger partial charge in [-0.15, -0.1) is 0 Å². The second-order valence-electron chi connectivity index (χ2n) is 3.58. The topological polar surface area (TPSA) is 90.9 Å². The van der Waals surface area contributed by atoms with Crippen molar-refractivity contribution in [1.29, 1.82) is 0 Å². The third kappa shape index (κ3) is 3.55. The van der Waals surface area contributed by atoms with Crippen molar-refractivity contribution in [1.82, 2.24) is 15.2 Å². The minimum Gasteiger partial charge on any atom is -0.550 e. The number of hydrogen-bond donors (Lipinski definition) is 1. The molecular formula is C9H12N3NaO3. The predicted molar refractivity (Wildman–Crippen MR) is 47.9 cm³/mol. The van der Waals surface area contributed by atoms with Crippen molar-refractivity contribution in [2.75, 3.05) is 13.2 Å². The van der Waals surface area contributed by atoms with Crippen LogP contribution in [0.25, 0.3) is 0 Å². The molecule has 16 heavy (non-hydrogen) atoms. The van der Waals surface area contributed by atoms with Crippen LogP contribution in [0.1, 0.15) is 30.4 Å². The van der Waals surface area contributed by atoms with Crippen molar-refractivity contribution in [3.8, 4) is 0 Å². The van der Waals surface area contributed by atoms with E-state index in [1.54, 1.807) is 0 Å². The fraction of sp³-hybridized carbons (Fsp3) is 0.667. The monoisotopic (exact) mass is 233 g/mol. The van der Waals surface area contributed by atoms with Gasteiger partial charge >= 0.3 is 29.6 Å². The van der Waals surface area contributed by atoms with E-state index in [-0.39, 0.29) is 41.9 Å². The van der Waals surface area contributed by atoms with E-state index >= 15 is 0 Å². The normalized spacial score (nSPS) is 16.8. The van der Waals surface area contributed by atoms with Gasteiger partial charge in [-0.3, -0.25) is 5.10 Å². The number of nitrogens with one attached hydrogen (secondary N) is 1. The molecule has 0 unspecified atom stereocenters. The first kappa shape index (κ1) is 13.6. The summed E-state index contributed by atoms with van der Waals surface area (Å²) in [6.45, 7) is 1.43. The first-order valence-electron chi connectivity index (χ1n) is 4.94. The van der Waals surface area contributed by atoms with Crippen LogP contribution < -0.4 is 34.7 Å². The number of nitrogens with zero attached hydrogens (tertiary/aromatic N) is 2.